The Kier molecular flexibility index (Phi) is 6.55. The molecule has 0 spiro atoms. The Bertz CT molecular complexity index is 813. The van der Waals surface area contributed by atoms with Crippen LogP contribution in [0.2, 0.25) is 0 Å². The largest absolute Gasteiger partial charge is 0.444 e. The van der Waals surface area contributed by atoms with Crippen LogP contribution in [-0.2, 0) is 16.1 Å². The van der Waals surface area contributed by atoms with Gasteiger partial charge >= 0.3 is 12.1 Å². The third-order valence-corrected chi connectivity index (χ3v) is 5.46. The molecule has 2 saturated heterocycles. The van der Waals surface area contributed by atoms with Crippen LogP contribution >= 0.6 is 11.8 Å². The first-order chi connectivity index (χ1) is 14.1. The molecular formula is C20H26N4O5S. The van der Waals surface area contributed by atoms with Crippen molar-refractivity contribution < 1.29 is 23.9 Å². The van der Waals surface area contributed by atoms with Crippen molar-refractivity contribution in [1.82, 2.24) is 14.7 Å². The molecule has 1 aromatic rings. The number of nitrogens with zero attached hydrogens (tertiary/aromatic N) is 3. The predicted octanol–water partition coefficient (Wildman–Crippen LogP) is 2.97. The van der Waals surface area contributed by atoms with E-state index in [1.54, 1.807) is 34.1 Å². The van der Waals surface area contributed by atoms with Crippen LogP contribution in [0.3, 0.4) is 0 Å². The molecule has 0 unspecified atom stereocenters. The van der Waals surface area contributed by atoms with Gasteiger partial charge in [0.05, 0.1) is 12.3 Å². The Hall–Kier alpha value is -2.75. The molecule has 2 aliphatic heterocycles. The van der Waals surface area contributed by atoms with Gasteiger partial charge in [-0.2, -0.15) is 0 Å². The van der Waals surface area contributed by atoms with E-state index in [1.165, 1.54) is 4.90 Å². The zero-order chi connectivity index (χ0) is 21.9. The predicted molar refractivity (Wildman–Crippen MR) is 113 cm³/mol. The van der Waals surface area contributed by atoms with Crippen LogP contribution in [0.15, 0.2) is 24.3 Å². The van der Waals surface area contributed by atoms with E-state index in [0.717, 1.165) is 17.3 Å². The van der Waals surface area contributed by atoms with E-state index < -0.39 is 5.60 Å². The number of imide groups is 1. The van der Waals surface area contributed by atoms with Gasteiger partial charge in [-0.1, -0.05) is 23.9 Å². The van der Waals surface area contributed by atoms with Crippen molar-refractivity contribution in [3.63, 3.8) is 0 Å². The highest BCUT2D eigenvalue weighted by Crippen LogP contribution is 2.22. The molecule has 0 aromatic heterocycles. The van der Waals surface area contributed by atoms with Gasteiger partial charge in [0.15, 0.2) is 0 Å². The lowest BCUT2D eigenvalue weighted by Gasteiger charge is -2.35. The molecule has 3 rings (SSSR count). The van der Waals surface area contributed by atoms with Crippen molar-refractivity contribution in [1.29, 1.82) is 0 Å². The molecule has 9 nitrogen and oxygen atoms in total. The molecule has 0 aliphatic carbocycles. The minimum absolute atomic E-state index is 0.187. The van der Waals surface area contributed by atoms with E-state index >= 15 is 0 Å². The van der Waals surface area contributed by atoms with Gasteiger partial charge in [0.1, 0.15) is 5.60 Å². The fourth-order valence-electron chi connectivity index (χ4n) is 3.03. The van der Waals surface area contributed by atoms with Crippen molar-refractivity contribution in [2.75, 3.05) is 37.2 Å². The number of urea groups is 1. The normalized spacial score (nSPS) is 17.4. The average Bonchev–Trinajstić information content (AvgIpc) is 3.00. The number of carbonyl (C=O) groups excluding carboxylic acids is 4. The number of ether oxygens (including phenoxy) is 1. The lowest BCUT2D eigenvalue weighted by atomic mass is 10.2. The van der Waals surface area contributed by atoms with Crippen LogP contribution in [0.25, 0.3) is 0 Å². The maximum absolute atomic E-state index is 12.5. The highest BCUT2D eigenvalue weighted by atomic mass is 32.2. The van der Waals surface area contributed by atoms with E-state index in [0.29, 0.717) is 31.9 Å². The van der Waals surface area contributed by atoms with Gasteiger partial charge in [0.25, 0.3) is 5.24 Å². The molecule has 0 saturated carbocycles. The van der Waals surface area contributed by atoms with E-state index in [2.05, 4.69) is 5.32 Å². The molecule has 30 heavy (non-hydrogen) atoms. The quantitative estimate of drug-likeness (QED) is 0.785. The van der Waals surface area contributed by atoms with Gasteiger partial charge in [-0.05, 0) is 38.5 Å². The van der Waals surface area contributed by atoms with Gasteiger partial charge in [-0.3, -0.25) is 14.5 Å². The molecule has 10 heteroatoms. The lowest BCUT2D eigenvalue weighted by molar-refractivity contribution is -0.125. The molecule has 2 heterocycles. The van der Waals surface area contributed by atoms with Crippen LogP contribution in [0, 0.1) is 0 Å². The molecule has 162 valence electrons. The van der Waals surface area contributed by atoms with E-state index in [9.17, 15) is 19.2 Å². The monoisotopic (exact) mass is 434 g/mol. The van der Waals surface area contributed by atoms with Gasteiger partial charge in [0.2, 0.25) is 5.91 Å². The van der Waals surface area contributed by atoms with Crippen molar-refractivity contribution in [2.45, 2.75) is 32.9 Å². The summed E-state index contributed by atoms with van der Waals surface area (Å²) in [5.41, 5.74) is 0.876. The van der Waals surface area contributed by atoms with E-state index in [4.69, 9.17) is 4.74 Å². The minimum Gasteiger partial charge on any atom is -0.444 e. The zero-order valence-electron chi connectivity index (χ0n) is 17.3. The summed E-state index contributed by atoms with van der Waals surface area (Å²) >= 11 is 1.01. The van der Waals surface area contributed by atoms with Crippen LogP contribution < -0.4 is 5.32 Å². The van der Waals surface area contributed by atoms with Crippen LogP contribution in [-0.4, -0.2) is 75.5 Å². The SMILES string of the molecule is CC(C)(C)OC(=O)N1CCN(C(=O)Nc2ccc(CN3C(=O)CSC3=O)cc2)CC1. The number of amides is 5. The molecule has 0 radical (unpaired) electrons. The number of nitrogens with one attached hydrogen (secondary N) is 1. The second-order valence-corrected chi connectivity index (χ2v) is 9.04. The molecule has 2 aliphatic rings. The third-order valence-electron chi connectivity index (χ3n) is 4.61. The second-order valence-electron chi connectivity index (χ2n) is 8.12. The fraction of sp³-hybridized carbons (Fsp3) is 0.500. The first kappa shape index (κ1) is 21.9. The Morgan fingerprint density at radius 2 is 1.63 bits per heavy atom. The first-order valence-electron chi connectivity index (χ1n) is 9.72. The first-order valence-corrected chi connectivity index (χ1v) is 10.7. The smallest absolute Gasteiger partial charge is 0.410 e. The van der Waals surface area contributed by atoms with Crippen LogP contribution in [0.1, 0.15) is 26.3 Å². The number of piperazine rings is 1. The highest BCUT2D eigenvalue weighted by molar-refractivity contribution is 8.14. The Morgan fingerprint density at radius 3 is 2.17 bits per heavy atom. The summed E-state index contributed by atoms with van der Waals surface area (Å²) in [6.45, 7) is 7.35. The summed E-state index contributed by atoms with van der Waals surface area (Å²) < 4.78 is 5.36. The number of rotatable bonds is 3. The standard InChI is InChI=1S/C20H26N4O5S/c1-20(2,3)29-18(27)23-10-8-22(9-11-23)17(26)21-15-6-4-14(5-7-15)12-24-16(25)13-30-19(24)28/h4-7H,8-13H2,1-3H3,(H,21,26). The molecule has 1 N–H and O–H groups in total. The Labute approximate surface area is 179 Å². The van der Waals surface area contributed by atoms with Gasteiger partial charge in [-0.25, -0.2) is 9.59 Å². The number of hydrogen-bond donors (Lipinski definition) is 1. The minimum atomic E-state index is -0.550. The van der Waals surface area contributed by atoms with Crippen molar-refractivity contribution in [2.24, 2.45) is 0 Å². The summed E-state index contributed by atoms with van der Waals surface area (Å²) in [5.74, 6) is 0.00153. The second kappa shape index (κ2) is 8.95. The Morgan fingerprint density at radius 1 is 1.03 bits per heavy atom. The van der Waals surface area contributed by atoms with Gasteiger partial charge in [0, 0.05) is 31.9 Å². The summed E-state index contributed by atoms with van der Waals surface area (Å²) in [7, 11) is 0. The van der Waals surface area contributed by atoms with Crippen molar-refractivity contribution in [3.8, 4) is 0 Å². The highest BCUT2D eigenvalue weighted by Gasteiger charge is 2.30. The maximum atomic E-state index is 12.5. The average molecular weight is 435 g/mol. The topological polar surface area (TPSA) is 99.3 Å². The molecule has 5 amide bonds. The summed E-state index contributed by atoms with van der Waals surface area (Å²) in [5, 5.41) is 2.60. The number of anilines is 1. The maximum Gasteiger partial charge on any atom is 0.410 e. The van der Waals surface area contributed by atoms with Crippen LogP contribution in [0.4, 0.5) is 20.1 Å². The third kappa shape index (κ3) is 5.65. The molecule has 0 bridgehead atoms. The van der Waals surface area contributed by atoms with Crippen molar-refractivity contribution in [3.05, 3.63) is 29.8 Å². The van der Waals surface area contributed by atoms with Crippen molar-refractivity contribution >= 4 is 40.7 Å². The summed E-state index contributed by atoms with van der Waals surface area (Å²) in [4.78, 5) is 52.5. The van der Waals surface area contributed by atoms with E-state index in [-0.39, 0.29) is 35.6 Å². The zero-order valence-corrected chi connectivity index (χ0v) is 18.2. The molecular weight excluding hydrogens is 408 g/mol. The van der Waals surface area contributed by atoms with Gasteiger partial charge in [-0.15, -0.1) is 0 Å². The number of benzene rings is 1. The van der Waals surface area contributed by atoms with Crippen LogP contribution in [0.5, 0.6) is 0 Å². The number of hydrogen-bond acceptors (Lipinski definition) is 6. The number of carbonyl (C=O) groups is 4. The summed E-state index contributed by atoms with van der Waals surface area (Å²) in [6, 6.07) is 6.79. The van der Waals surface area contributed by atoms with E-state index in [1.807, 2.05) is 20.8 Å². The Balaban J connectivity index is 1.48. The lowest BCUT2D eigenvalue weighted by Crippen LogP contribution is -2.52. The molecule has 0 atom stereocenters. The summed E-state index contributed by atoms with van der Waals surface area (Å²) in [6.07, 6.45) is -0.369. The number of thioether (sulfide) groups is 1. The molecule has 1 aromatic carbocycles. The molecule has 2 fully saturated rings. The van der Waals surface area contributed by atoms with Gasteiger partial charge < -0.3 is 19.9 Å². The fourth-order valence-corrected chi connectivity index (χ4v) is 3.76.